The Labute approximate surface area is 218 Å². The quantitative estimate of drug-likeness (QED) is 0.501. The maximum Gasteiger partial charge on any atom is 0.253 e. The number of rotatable bonds is 4. The third kappa shape index (κ3) is 4.84. The molecule has 188 valence electrons. The fourth-order valence-electron chi connectivity index (χ4n) is 5.62. The number of fused-ring (bicyclic) bond motifs is 1. The van der Waals surface area contributed by atoms with Crippen molar-refractivity contribution in [2.75, 3.05) is 32.7 Å². The Balaban J connectivity index is 1.32. The first-order chi connectivity index (χ1) is 17.4. The van der Waals surface area contributed by atoms with Gasteiger partial charge in [0.15, 0.2) is 0 Å². The van der Waals surface area contributed by atoms with Gasteiger partial charge in [0.25, 0.3) is 5.91 Å². The molecule has 0 N–H and O–H groups in total. The van der Waals surface area contributed by atoms with Crippen LogP contribution in [-0.2, 0) is 11.2 Å². The molecule has 3 heterocycles. The number of hydrogen-bond acceptors (Lipinski definition) is 4. The van der Waals surface area contributed by atoms with Crippen molar-refractivity contribution in [2.45, 2.75) is 45.7 Å². The average molecular weight is 502 g/mol. The van der Waals surface area contributed by atoms with Gasteiger partial charge in [-0.15, -0.1) is 11.3 Å². The first-order valence-corrected chi connectivity index (χ1v) is 13.8. The van der Waals surface area contributed by atoms with E-state index in [0.717, 1.165) is 30.5 Å². The highest BCUT2D eigenvalue weighted by Gasteiger charge is 2.37. The van der Waals surface area contributed by atoms with Crippen molar-refractivity contribution in [3.05, 3.63) is 92.7 Å². The molecule has 0 unspecified atom stereocenters. The summed E-state index contributed by atoms with van der Waals surface area (Å²) in [7, 11) is 0. The zero-order valence-electron chi connectivity index (χ0n) is 21.4. The van der Waals surface area contributed by atoms with Gasteiger partial charge >= 0.3 is 0 Å². The summed E-state index contributed by atoms with van der Waals surface area (Å²) in [6.45, 7) is 9.63. The van der Waals surface area contributed by atoms with Crippen molar-refractivity contribution >= 4 is 23.2 Å². The number of carbonyl (C=O) groups is 2. The van der Waals surface area contributed by atoms with E-state index < -0.39 is 0 Å². The first kappa shape index (κ1) is 24.7. The molecule has 0 radical (unpaired) electrons. The van der Waals surface area contributed by atoms with E-state index in [4.69, 9.17) is 0 Å². The van der Waals surface area contributed by atoms with E-state index in [9.17, 15) is 9.59 Å². The van der Waals surface area contributed by atoms with Crippen LogP contribution in [0.15, 0.2) is 60.0 Å². The summed E-state index contributed by atoms with van der Waals surface area (Å²) in [5, 5.41) is 2.18. The second-order valence-electron chi connectivity index (χ2n) is 10.1. The van der Waals surface area contributed by atoms with Crippen LogP contribution in [0.5, 0.6) is 0 Å². The number of benzene rings is 2. The predicted octanol–water partition coefficient (Wildman–Crippen LogP) is 5.08. The molecular weight excluding hydrogens is 466 g/mol. The van der Waals surface area contributed by atoms with Gasteiger partial charge in [0.05, 0.1) is 12.1 Å². The lowest BCUT2D eigenvalue weighted by atomic mass is 9.89. The number of aryl methyl sites for hydroxylation is 2. The molecule has 1 aromatic heterocycles. The summed E-state index contributed by atoms with van der Waals surface area (Å²) in [5.74, 6) is 0.217. The third-order valence-electron chi connectivity index (χ3n) is 7.73. The van der Waals surface area contributed by atoms with E-state index in [1.54, 1.807) is 0 Å². The molecule has 5 rings (SSSR count). The molecule has 3 aromatic rings. The molecule has 0 spiro atoms. The minimum absolute atomic E-state index is 0.0537. The fourth-order valence-corrected chi connectivity index (χ4v) is 6.52. The monoisotopic (exact) mass is 501 g/mol. The van der Waals surface area contributed by atoms with Gasteiger partial charge in [0, 0.05) is 43.2 Å². The highest BCUT2D eigenvalue weighted by Crippen LogP contribution is 2.40. The van der Waals surface area contributed by atoms with Gasteiger partial charge in [-0.3, -0.25) is 14.5 Å². The van der Waals surface area contributed by atoms with Crippen molar-refractivity contribution < 1.29 is 9.59 Å². The van der Waals surface area contributed by atoms with Crippen LogP contribution in [0.2, 0.25) is 0 Å². The van der Waals surface area contributed by atoms with Crippen molar-refractivity contribution in [3.63, 3.8) is 0 Å². The zero-order chi connectivity index (χ0) is 25.2. The smallest absolute Gasteiger partial charge is 0.253 e. The van der Waals surface area contributed by atoms with E-state index in [2.05, 4.69) is 54.5 Å². The van der Waals surface area contributed by atoms with Crippen LogP contribution < -0.4 is 0 Å². The molecule has 6 heteroatoms. The molecule has 5 nitrogen and oxygen atoms in total. The van der Waals surface area contributed by atoms with E-state index in [-0.39, 0.29) is 23.9 Å². The van der Waals surface area contributed by atoms with E-state index in [1.807, 2.05) is 52.3 Å². The fraction of sp³-hybridized carbons (Fsp3) is 0.400. The van der Waals surface area contributed by atoms with Crippen LogP contribution in [0, 0.1) is 13.8 Å². The van der Waals surface area contributed by atoms with Crippen LogP contribution in [-0.4, -0.2) is 65.3 Å². The Hall–Kier alpha value is -2.96. The summed E-state index contributed by atoms with van der Waals surface area (Å²) < 4.78 is 0. The normalized spacial score (nSPS) is 19.5. The standard InChI is InChI=1S/C30H35N3O2S/c1-21-9-11-24(12-10-21)30(35)32-16-6-15-31(18-19-32)29(34)23(3)33-17-13-27-26(14-20-36-27)28(33)25-8-5-4-7-22(25)2/h4-5,7-12,14,20,23,28H,6,13,15-19H2,1-3H3/t23-,28-/m1/s1. The van der Waals surface area contributed by atoms with Crippen LogP contribution in [0.1, 0.15) is 56.9 Å². The van der Waals surface area contributed by atoms with Crippen LogP contribution >= 0.6 is 11.3 Å². The van der Waals surface area contributed by atoms with Gasteiger partial charge in [0.1, 0.15) is 0 Å². The van der Waals surface area contributed by atoms with E-state index in [1.165, 1.54) is 21.6 Å². The number of thiophene rings is 1. The van der Waals surface area contributed by atoms with Crippen LogP contribution in [0.25, 0.3) is 0 Å². The van der Waals surface area contributed by atoms with Crippen molar-refractivity contribution in [3.8, 4) is 0 Å². The van der Waals surface area contributed by atoms with Gasteiger partial charge in [0.2, 0.25) is 5.91 Å². The van der Waals surface area contributed by atoms with Gasteiger partial charge in [-0.05, 0) is 73.9 Å². The third-order valence-corrected chi connectivity index (χ3v) is 8.73. The summed E-state index contributed by atoms with van der Waals surface area (Å²) in [6.07, 6.45) is 1.78. The number of hydrogen-bond donors (Lipinski definition) is 0. The lowest BCUT2D eigenvalue weighted by Gasteiger charge is -2.41. The molecule has 0 aliphatic carbocycles. The first-order valence-electron chi connectivity index (χ1n) is 13.0. The number of nitrogens with zero attached hydrogens (tertiary/aromatic N) is 3. The molecule has 1 fully saturated rings. The number of carbonyl (C=O) groups excluding carboxylic acids is 2. The lowest BCUT2D eigenvalue weighted by Crippen LogP contribution is -2.51. The Bertz CT molecular complexity index is 1240. The van der Waals surface area contributed by atoms with E-state index >= 15 is 0 Å². The van der Waals surface area contributed by atoms with Crippen molar-refractivity contribution in [2.24, 2.45) is 0 Å². The lowest BCUT2D eigenvalue weighted by molar-refractivity contribution is -0.137. The largest absolute Gasteiger partial charge is 0.340 e. The second-order valence-corrected chi connectivity index (χ2v) is 11.1. The van der Waals surface area contributed by atoms with Gasteiger partial charge in [-0.2, -0.15) is 0 Å². The van der Waals surface area contributed by atoms with Crippen molar-refractivity contribution in [1.82, 2.24) is 14.7 Å². The molecule has 2 aliphatic heterocycles. The predicted molar refractivity (Wildman–Crippen MR) is 145 cm³/mol. The topological polar surface area (TPSA) is 43.9 Å². The molecule has 2 aromatic carbocycles. The molecule has 2 amide bonds. The van der Waals surface area contributed by atoms with Gasteiger partial charge in [-0.25, -0.2) is 0 Å². The summed E-state index contributed by atoms with van der Waals surface area (Å²) in [4.78, 5) is 34.6. The summed E-state index contributed by atoms with van der Waals surface area (Å²) in [5.41, 5.74) is 5.73. The maximum absolute atomic E-state index is 13.8. The SMILES string of the molecule is Cc1ccc(C(=O)N2CCCN(C(=O)[C@@H](C)N3CCc4sccc4[C@H]3c3ccccc3C)CC2)cc1. The van der Waals surface area contributed by atoms with Crippen LogP contribution in [0.3, 0.4) is 0 Å². The highest BCUT2D eigenvalue weighted by molar-refractivity contribution is 7.10. The molecule has 2 aliphatic rings. The Morgan fingerprint density at radius 2 is 1.58 bits per heavy atom. The molecule has 0 saturated carbocycles. The molecule has 1 saturated heterocycles. The summed E-state index contributed by atoms with van der Waals surface area (Å²) in [6, 6.07) is 18.4. The highest BCUT2D eigenvalue weighted by atomic mass is 32.1. The van der Waals surface area contributed by atoms with Crippen LogP contribution in [0.4, 0.5) is 0 Å². The Morgan fingerprint density at radius 1 is 0.861 bits per heavy atom. The zero-order valence-corrected chi connectivity index (χ0v) is 22.3. The minimum atomic E-state index is -0.234. The van der Waals surface area contributed by atoms with E-state index in [0.29, 0.717) is 26.2 Å². The number of amides is 2. The molecular formula is C30H35N3O2S. The molecule has 2 atom stereocenters. The maximum atomic E-state index is 13.8. The van der Waals surface area contributed by atoms with Crippen molar-refractivity contribution in [1.29, 1.82) is 0 Å². The minimum Gasteiger partial charge on any atom is -0.340 e. The molecule has 0 bridgehead atoms. The second kappa shape index (κ2) is 10.6. The van der Waals surface area contributed by atoms with Gasteiger partial charge < -0.3 is 9.80 Å². The Morgan fingerprint density at radius 3 is 2.36 bits per heavy atom. The van der Waals surface area contributed by atoms with Gasteiger partial charge in [-0.1, -0.05) is 42.0 Å². The Kier molecular flexibility index (Phi) is 7.26. The summed E-state index contributed by atoms with van der Waals surface area (Å²) >= 11 is 1.82. The average Bonchev–Trinajstić information content (AvgIpc) is 3.24. The molecule has 36 heavy (non-hydrogen) atoms.